The number of carbonyl (C=O) groups excluding carboxylic acids is 2. The van der Waals surface area contributed by atoms with Crippen LogP contribution >= 0.6 is 0 Å². The zero-order valence-electron chi connectivity index (χ0n) is 12.2. The van der Waals surface area contributed by atoms with Gasteiger partial charge < -0.3 is 0 Å². The zero-order valence-corrected chi connectivity index (χ0v) is 12.2. The van der Waals surface area contributed by atoms with E-state index in [0.717, 1.165) is 18.4 Å². The van der Waals surface area contributed by atoms with Crippen molar-refractivity contribution in [2.45, 2.75) is 12.8 Å². The topological polar surface area (TPSA) is 34.1 Å². The molecule has 0 unspecified atom stereocenters. The van der Waals surface area contributed by atoms with Crippen LogP contribution in [-0.4, -0.2) is 11.6 Å². The van der Waals surface area contributed by atoms with Crippen LogP contribution < -0.4 is 0 Å². The maximum Gasteiger partial charge on any atom is 0.164 e. The summed E-state index contributed by atoms with van der Waals surface area (Å²) in [4.78, 5) is 26.3. The van der Waals surface area contributed by atoms with E-state index in [-0.39, 0.29) is 23.2 Å². The second-order valence-electron chi connectivity index (χ2n) is 8.28. The highest BCUT2D eigenvalue weighted by Crippen LogP contribution is 2.76. The molecule has 6 bridgehead atoms. The van der Waals surface area contributed by atoms with Gasteiger partial charge in [-0.2, -0.15) is 0 Å². The van der Waals surface area contributed by atoms with Crippen LogP contribution in [0.25, 0.3) is 0 Å². The molecule has 0 heterocycles. The molecule has 7 aliphatic carbocycles. The Morgan fingerprint density at radius 3 is 2.68 bits per heavy atom. The summed E-state index contributed by atoms with van der Waals surface area (Å²) in [6, 6.07) is 0. The van der Waals surface area contributed by atoms with Crippen molar-refractivity contribution in [3.8, 4) is 0 Å². The predicted molar refractivity (Wildman–Crippen MR) is 79.5 cm³/mol. The summed E-state index contributed by atoms with van der Waals surface area (Å²) in [5, 5.41) is 0. The quantitative estimate of drug-likeness (QED) is 0.642. The third-order valence-corrected chi connectivity index (χ3v) is 7.92. The van der Waals surface area contributed by atoms with Gasteiger partial charge in [0.2, 0.25) is 0 Å². The summed E-state index contributed by atoms with van der Waals surface area (Å²) in [5.41, 5.74) is 3.61. The lowest BCUT2D eigenvalue weighted by molar-refractivity contribution is -0.127. The second kappa shape index (κ2) is 2.89. The normalized spacial score (nSPS) is 57.3. The maximum absolute atomic E-state index is 13.2. The average molecular weight is 288 g/mol. The number of hydrogen-bond donors (Lipinski definition) is 0. The fraction of sp³-hybridized carbons (Fsp3) is 0.500. The first-order valence-corrected chi connectivity index (χ1v) is 8.64. The van der Waals surface area contributed by atoms with Crippen molar-refractivity contribution in [3.63, 3.8) is 0 Å². The number of Topliss-reactive ketones (excluding diaryl/α,β-unsaturated/α-hetero) is 2. The zero-order chi connectivity index (χ0) is 14.4. The molecule has 108 valence electrons. The lowest BCUT2D eigenvalue weighted by Gasteiger charge is -2.39. The molecule has 0 N–H and O–H groups in total. The number of ketones is 2. The summed E-state index contributed by atoms with van der Waals surface area (Å²) in [7, 11) is 0. The van der Waals surface area contributed by atoms with Gasteiger partial charge in [0.1, 0.15) is 0 Å². The van der Waals surface area contributed by atoms with Crippen LogP contribution in [0.4, 0.5) is 0 Å². The van der Waals surface area contributed by atoms with E-state index in [1.165, 1.54) is 11.1 Å². The molecule has 1 spiro atoms. The van der Waals surface area contributed by atoms with E-state index in [1.807, 2.05) is 0 Å². The molecular formula is C20H16O2. The monoisotopic (exact) mass is 288 g/mol. The lowest BCUT2D eigenvalue weighted by atomic mass is 9.61. The Morgan fingerprint density at radius 2 is 1.77 bits per heavy atom. The van der Waals surface area contributed by atoms with Gasteiger partial charge in [0, 0.05) is 29.2 Å². The van der Waals surface area contributed by atoms with Crippen molar-refractivity contribution in [3.05, 3.63) is 47.1 Å². The first kappa shape index (κ1) is 10.9. The lowest BCUT2D eigenvalue weighted by Crippen LogP contribution is -2.39. The standard InChI is InChI=1S/C20H16O2/c21-18-15-10-2-1-9(5-10)14(15)17-16(18)12-7-13-8-3-4-11(6-8)20(13,17)19(12)22/h1-4,7-12,16-17H,5-6H2/t8-,9+,10-,11+,12+,16-,17-,20-/m0/s1. The van der Waals surface area contributed by atoms with Gasteiger partial charge in [0.15, 0.2) is 11.6 Å². The van der Waals surface area contributed by atoms with Crippen LogP contribution in [0.1, 0.15) is 12.8 Å². The summed E-state index contributed by atoms with van der Waals surface area (Å²) in [6.45, 7) is 0. The van der Waals surface area contributed by atoms with E-state index < -0.39 is 0 Å². The van der Waals surface area contributed by atoms with Crippen LogP contribution in [0.3, 0.4) is 0 Å². The molecule has 8 atom stereocenters. The second-order valence-corrected chi connectivity index (χ2v) is 8.28. The Balaban J connectivity index is 1.54. The summed E-state index contributed by atoms with van der Waals surface area (Å²) in [5.74, 6) is 2.43. The van der Waals surface area contributed by atoms with E-state index in [2.05, 4.69) is 30.4 Å². The van der Waals surface area contributed by atoms with Crippen molar-refractivity contribution < 1.29 is 9.59 Å². The minimum Gasteiger partial charge on any atom is -0.298 e. The predicted octanol–water partition coefficient (Wildman–Crippen LogP) is 2.64. The fourth-order valence-corrected chi connectivity index (χ4v) is 7.45. The van der Waals surface area contributed by atoms with Gasteiger partial charge in [-0.1, -0.05) is 41.5 Å². The van der Waals surface area contributed by atoms with Gasteiger partial charge in [-0.05, 0) is 30.6 Å². The first-order chi connectivity index (χ1) is 10.7. The van der Waals surface area contributed by atoms with Crippen molar-refractivity contribution in [2.75, 3.05) is 0 Å². The third kappa shape index (κ3) is 0.771. The maximum atomic E-state index is 13.2. The van der Waals surface area contributed by atoms with Crippen molar-refractivity contribution in [1.82, 2.24) is 0 Å². The molecule has 2 nitrogen and oxygen atoms in total. The van der Waals surface area contributed by atoms with E-state index in [0.29, 0.717) is 35.2 Å². The largest absolute Gasteiger partial charge is 0.298 e. The number of hydrogen-bond acceptors (Lipinski definition) is 2. The van der Waals surface area contributed by atoms with Crippen molar-refractivity contribution >= 4 is 11.6 Å². The average Bonchev–Trinajstić information content (AvgIpc) is 3.30. The van der Waals surface area contributed by atoms with Crippen LogP contribution in [0, 0.1) is 46.8 Å². The highest BCUT2D eigenvalue weighted by molar-refractivity contribution is 6.13. The van der Waals surface area contributed by atoms with Gasteiger partial charge in [-0.25, -0.2) is 0 Å². The fourth-order valence-electron chi connectivity index (χ4n) is 7.45. The molecule has 0 aromatic carbocycles. The Labute approximate surface area is 128 Å². The molecule has 2 heteroatoms. The SMILES string of the molecule is O=C1C2=C([C@@H]3C=C[C@H]2C3)[C@H]2[C@@H]1[C@H]1C=C3[C@H]4C=C[C@H](C4)[C@]32C1=O. The molecule has 2 saturated carbocycles. The molecular weight excluding hydrogens is 272 g/mol. The number of fused-ring (bicyclic) bond motifs is 11. The molecule has 0 aromatic heterocycles. The Morgan fingerprint density at radius 1 is 0.955 bits per heavy atom. The van der Waals surface area contributed by atoms with Crippen LogP contribution in [0.5, 0.6) is 0 Å². The minimum absolute atomic E-state index is 0.0424. The molecule has 22 heavy (non-hydrogen) atoms. The van der Waals surface area contributed by atoms with E-state index in [4.69, 9.17) is 0 Å². The van der Waals surface area contributed by atoms with Gasteiger partial charge in [0.05, 0.1) is 5.41 Å². The van der Waals surface area contributed by atoms with Crippen molar-refractivity contribution in [2.24, 2.45) is 46.8 Å². The number of carbonyl (C=O) groups is 2. The Bertz CT molecular complexity index is 838. The van der Waals surface area contributed by atoms with Gasteiger partial charge >= 0.3 is 0 Å². The van der Waals surface area contributed by atoms with E-state index in [1.54, 1.807) is 0 Å². The molecule has 0 radical (unpaired) electrons. The van der Waals surface area contributed by atoms with Crippen LogP contribution in [-0.2, 0) is 9.59 Å². The molecule has 0 aromatic rings. The van der Waals surface area contributed by atoms with Crippen molar-refractivity contribution in [1.29, 1.82) is 0 Å². The molecule has 2 fully saturated rings. The highest BCUT2D eigenvalue weighted by Gasteiger charge is 2.76. The Hall–Kier alpha value is -1.70. The minimum atomic E-state index is -0.306. The number of rotatable bonds is 0. The molecule has 7 aliphatic rings. The van der Waals surface area contributed by atoms with E-state index >= 15 is 0 Å². The summed E-state index contributed by atoms with van der Waals surface area (Å²) >= 11 is 0. The first-order valence-electron chi connectivity index (χ1n) is 8.64. The highest BCUT2D eigenvalue weighted by atomic mass is 16.1. The van der Waals surface area contributed by atoms with Gasteiger partial charge in [-0.3, -0.25) is 9.59 Å². The molecule has 0 saturated heterocycles. The van der Waals surface area contributed by atoms with E-state index in [9.17, 15) is 9.59 Å². The molecule has 0 aliphatic heterocycles. The molecule has 0 amide bonds. The molecule has 7 rings (SSSR count). The summed E-state index contributed by atoms with van der Waals surface area (Å²) < 4.78 is 0. The van der Waals surface area contributed by atoms with Crippen LogP contribution in [0.15, 0.2) is 47.1 Å². The number of allylic oxidation sites excluding steroid dienone is 8. The third-order valence-electron chi connectivity index (χ3n) is 7.92. The van der Waals surface area contributed by atoms with Gasteiger partial charge in [-0.15, -0.1) is 0 Å². The smallest absolute Gasteiger partial charge is 0.164 e. The van der Waals surface area contributed by atoms with Gasteiger partial charge in [0.25, 0.3) is 0 Å². The Kier molecular flexibility index (Phi) is 1.44. The summed E-state index contributed by atoms with van der Waals surface area (Å²) in [6.07, 6.45) is 13.5. The van der Waals surface area contributed by atoms with Crippen LogP contribution in [0.2, 0.25) is 0 Å².